The SMILES string of the molecule is COc1cc(/C=N\n2c(-c3ccccc3Cl)n[nH]c2=S)ccc1OCC#N. The highest BCUT2D eigenvalue weighted by Gasteiger charge is 2.11. The molecule has 0 spiro atoms. The van der Waals surface area contributed by atoms with Crippen molar-refractivity contribution in [3.05, 3.63) is 57.8 Å². The minimum atomic E-state index is -0.0603. The van der Waals surface area contributed by atoms with Crippen molar-refractivity contribution < 1.29 is 9.47 Å². The van der Waals surface area contributed by atoms with Crippen molar-refractivity contribution in [2.24, 2.45) is 5.10 Å². The monoisotopic (exact) mass is 399 g/mol. The lowest BCUT2D eigenvalue weighted by atomic mass is 10.2. The molecule has 136 valence electrons. The maximum absolute atomic E-state index is 8.63. The number of hydrogen-bond donors (Lipinski definition) is 1. The average Bonchev–Trinajstić information content (AvgIpc) is 3.05. The van der Waals surface area contributed by atoms with Crippen LogP contribution < -0.4 is 9.47 Å². The van der Waals surface area contributed by atoms with E-state index in [1.807, 2.05) is 24.3 Å². The molecule has 7 nitrogen and oxygen atoms in total. The molecule has 0 atom stereocenters. The molecule has 0 saturated heterocycles. The molecule has 3 rings (SSSR count). The lowest BCUT2D eigenvalue weighted by molar-refractivity contribution is 0.329. The number of aromatic amines is 1. The Morgan fingerprint density at radius 2 is 2.15 bits per heavy atom. The lowest BCUT2D eigenvalue weighted by Crippen LogP contribution is -1.98. The predicted octanol–water partition coefficient (Wildman–Crippen LogP) is 4.05. The van der Waals surface area contributed by atoms with E-state index in [-0.39, 0.29) is 6.61 Å². The van der Waals surface area contributed by atoms with Crippen LogP contribution in [0.1, 0.15) is 5.56 Å². The number of H-pyrrole nitrogens is 1. The van der Waals surface area contributed by atoms with Crippen LogP contribution in [0.25, 0.3) is 11.4 Å². The second-order valence-corrected chi connectivity index (χ2v) is 6.04. The summed E-state index contributed by atoms with van der Waals surface area (Å²) in [7, 11) is 1.52. The molecule has 0 aliphatic heterocycles. The van der Waals surface area contributed by atoms with Gasteiger partial charge in [0.25, 0.3) is 0 Å². The molecule has 9 heteroatoms. The van der Waals surface area contributed by atoms with Gasteiger partial charge >= 0.3 is 0 Å². The zero-order valence-electron chi connectivity index (χ0n) is 14.2. The number of benzene rings is 2. The molecule has 1 N–H and O–H groups in total. The van der Waals surface area contributed by atoms with Crippen LogP contribution in [0, 0.1) is 16.1 Å². The Morgan fingerprint density at radius 3 is 2.89 bits per heavy atom. The van der Waals surface area contributed by atoms with Crippen LogP contribution in [-0.2, 0) is 0 Å². The highest BCUT2D eigenvalue weighted by molar-refractivity contribution is 7.71. The first-order valence-corrected chi connectivity index (χ1v) is 8.57. The summed E-state index contributed by atoms with van der Waals surface area (Å²) in [6.45, 7) is -0.0603. The Balaban J connectivity index is 1.94. The van der Waals surface area contributed by atoms with Crippen molar-refractivity contribution in [1.82, 2.24) is 14.9 Å². The van der Waals surface area contributed by atoms with E-state index in [9.17, 15) is 0 Å². The molecule has 3 aromatic rings. The molecular weight excluding hydrogens is 386 g/mol. The molecule has 0 aliphatic rings. The van der Waals surface area contributed by atoms with Crippen molar-refractivity contribution in [2.45, 2.75) is 0 Å². The largest absolute Gasteiger partial charge is 0.493 e. The van der Waals surface area contributed by atoms with E-state index in [4.69, 9.17) is 38.6 Å². The molecule has 0 amide bonds. The summed E-state index contributed by atoms with van der Waals surface area (Å²) in [6, 6.07) is 14.5. The van der Waals surface area contributed by atoms with Crippen molar-refractivity contribution in [3.63, 3.8) is 0 Å². The van der Waals surface area contributed by atoms with Gasteiger partial charge in [0.15, 0.2) is 23.9 Å². The van der Waals surface area contributed by atoms with E-state index in [0.717, 1.165) is 5.56 Å². The van der Waals surface area contributed by atoms with Gasteiger partial charge in [-0.1, -0.05) is 23.7 Å². The summed E-state index contributed by atoms with van der Waals surface area (Å²) in [6.07, 6.45) is 1.61. The first kappa shape index (κ1) is 18.6. The average molecular weight is 400 g/mol. The van der Waals surface area contributed by atoms with Crippen molar-refractivity contribution in [1.29, 1.82) is 5.26 Å². The zero-order chi connectivity index (χ0) is 19.2. The molecule has 0 radical (unpaired) electrons. The normalized spacial score (nSPS) is 10.7. The third kappa shape index (κ3) is 4.16. The minimum Gasteiger partial charge on any atom is -0.493 e. The maximum atomic E-state index is 8.63. The van der Waals surface area contributed by atoms with Crippen molar-refractivity contribution in [2.75, 3.05) is 13.7 Å². The molecule has 1 heterocycles. The Labute approximate surface area is 165 Å². The minimum absolute atomic E-state index is 0.0603. The van der Waals surface area contributed by atoms with Crippen LogP contribution in [0.2, 0.25) is 5.02 Å². The van der Waals surface area contributed by atoms with Gasteiger partial charge in [0.05, 0.1) is 18.3 Å². The molecule has 0 aliphatic carbocycles. The first-order valence-electron chi connectivity index (χ1n) is 7.78. The van der Waals surface area contributed by atoms with E-state index in [1.54, 1.807) is 30.5 Å². The molecule has 0 bridgehead atoms. The van der Waals surface area contributed by atoms with Crippen LogP contribution >= 0.6 is 23.8 Å². The highest BCUT2D eigenvalue weighted by Crippen LogP contribution is 2.28. The van der Waals surface area contributed by atoms with Crippen LogP contribution in [0.5, 0.6) is 11.5 Å². The topological polar surface area (TPSA) is 88.2 Å². The van der Waals surface area contributed by atoms with Gasteiger partial charge in [-0.15, -0.1) is 0 Å². The van der Waals surface area contributed by atoms with Gasteiger partial charge in [0, 0.05) is 5.56 Å². The van der Waals surface area contributed by atoms with Crippen LogP contribution in [0.4, 0.5) is 0 Å². The van der Waals surface area contributed by atoms with Crippen LogP contribution in [-0.4, -0.2) is 34.8 Å². The summed E-state index contributed by atoms with van der Waals surface area (Å²) in [5.74, 6) is 1.48. The molecule has 0 fully saturated rings. The maximum Gasteiger partial charge on any atom is 0.216 e. The van der Waals surface area contributed by atoms with E-state index in [1.165, 1.54) is 11.8 Å². The summed E-state index contributed by atoms with van der Waals surface area (Å²) < 4.78 is 12.4. The molecule has 0 unspecified atom stereocenters. The van der Waals surface area contributed by atoms with E-state index >= 15 is 0 Å². The van der Waals surface area contributed by atoms with Gasteiger partial charge in [-0.25, -0.2) is 5.10 Å². The standard InChI is InChI=1S/C18H14ClN5O2S/c1-25-16-10-12(6-7-15(16)26-9-8-20)11-21-24-17(22-23-18(24)27)13-4-2-3-5-14(13)19/h2-7,10-11H,9H2,1H3,(H,23,27)/b21-11-. The summed E-state index contributed by atoms with van der Waals surface area (Å²) in [4.78, 5) is 0. The number of nitrogens with one attached hydrogen (secondary N) is 1. The van der Waals surface area contributed by atoms with Gasteiger partial charge in [0.1, 0.15) is 6.07 Å². The van der Waals surface area contributed by atoms with Gasteiger partial charge in [0.2, 0.25) is 4.77 Å². The van der Waals surface area contributed by atoms with Crippen molar-refractivity contribution in [3.8, 4) is 29.0 Å². The van der Waals surface area contributed by atoms with Gasteiger partial charge in [-0.2, -0.15) is 20.1 Å². The fourth-order valence-electron chi connectivity index (χ4n) is 2.33. The number of aromatic nitrogens is 3. The van der Waals surface area contributed by atoms with Gasteiger partial charge < -0.3 is 9.47 Å². The van der Waals surface area contributed by atoms with Crippen LogP contribution in [0.3, 0.4) is 0 Å². The van der Waals surface area contributed by atoms with Gasteiger partial charge in [-0.05, 0) is 48.1 Å². The Hall–Kier alpha value is -3.15. The number of ether oxygens (including phenoxy) is 2. The number of nitriles is 1. The van der Waals surface area contributed by atoms with E-state index < -0.39 is 0 Å². The summed E-state index contributed by atoms with van der Waals surface area (Å²) >= 11 is 11.5. The van der Waals surface area contributed by atoms with E-state index in [2.05, 4.69) is 15.3 Å². The third-order valence-electron chi connectivity index (χ3n) is 3.57. The quantitative estimate of drug-likeness (QED) is 0.499. The molecule has 0 saturated carbocycles. The Bertz CT molecular complexity index is 1080. The summed E-state index contributed by atoms with van der Waals surface area (Å²) in [5.41, 5.74) is 1.46. The molecule has 2 aromatic carbocycles. The fraction of sp³-hybridized carbons (Fsp3) is 0.111. The molecule has 1 aromatic heterocycles. The second-order valence-electron chi connectivity index (χ2n) is 5.25. The number of nitrogens with zero attached hydrogens (tertiary/aromatic N) is 4. The second kappa shape index (κ2) is 8.49. The number of methoxy groups -OCH3 is 1. The lowest BCUT2D eigenvalue weighted by Gasteiger charge is -2.08. The fourth-order valence-corrected chi connectivity index (χ4v) is 2.73. The number of halogens is 1. The van der Waals surface area contributed by atoms with E-state index in [0.29, 0.717) is 32.7 Å². The Morgan fingerprint density at radius 1 is 1.33 bits per heavy atom. The van der Waals surface area contributed by atoms with Crippen molar-refractivity contribution >= 4 is 30.0 Å². The predicted molar refractivity (Wildman–Crippen MR) is 105 cm³/mol. The first-order chi connectivity index (χ1) is 13.1. The smallest absolute Gasteiger partial charge is 0.216 e. The molecule has 27 heavy (non-hydrogen) atoms. The number of rotatable bonds is 6. The summed E-state index contributed by atoms with van der Waals surface area (Å²) in [5, 5.41) is 20.5. The zero-order valence-corrected chi connectivity index (χ0v) is 15.8. The third-order valence-corrected chi connectivity index (χ3v) is 4.16. The molecular formula is C18H14ClN5O2S. The Kier molecular flexibility index (Phi) is 5.86. The number of hydrogen-bond acceptors (Lipinski definition) is 6. The van der Waals surface area contributed by atoms with Gasteiger partial charge in [-0.3, -0.25) is 0 Å². The van der Waals surface area contributed by atoms with Crippen LogP contribution in [0.15, 0.2) is 47.6 Å². The highest BCUT2D eigenvalue weighted by atomic mass is 35.5.